The van der Waals surface area contributed by atoms with Gasteiger partial charge >= 0.3 is 0 Å². The lowest BCUT2D eigenvalue weighted by molar-refractivity contribution is 0.0981. The Morgan fingerprint density at radius 1 is 1.20 bits per heavy atom. The molecule has 0 amide bonds. The van der Waals surface area contributed by atoms with Crippen LogP contribution in [0.15, 0.2) is 24.3 Å². The topological polar surface area (TPSA) is 17.1 Å². The number of hydrogen-bond acceptors (Lipinski definition) is 1. The summed E-state index contributed by atoms with van der Waals surface area (Å²) in [7, 11) is 0. The fourth-order valence-electron chi connectivity index (χ4n) is 1.26. The summed E-state index contributed by atoms with van der Waals surface area (Å²) < 4.78 is -0.617. The van der Waals surface area contributed by atoms with Gasteiger partial charge in [-0.3, -0.25) is 4.79 Å². The highest BCUT2D eigenvalue weighted by atomic mass is 79.9. The van der Waals surface area contributed by atoms with Crippen molar-refractivity contribution in [1.82, 2.24) is 0 Å². The summed E-state index contributed by atoms with van der Waals surface area (Å²) in [5.74, 6) is 0.0765. The average molecular weight is 334 g/mol. The molecule has 3 heteroatoms. The number of halogens is 2. The van der Waals surface area contributed by atoms with E-state index in [2.05, 4.69) is 38.8 Å². The molecular formula is C12H14Br2O. The van der Waals surface area contributed by atoms with Crippen molar-refractivity contribution in [2.45, 2.75) is 29.9 Å². The van der Waals surface area contributed by atoms with Crippen LogP contribution >= 0.6 is 31.9 Å². The van der Waals surface area contributed by atoms with Crippen molar-refractivity contribution in [3.63, 3.8) is 0 Å². The van der Waals surface area contributed by atoms with Crippen molar-refractivity contribution in [3.05, 3.63) is 35.4 Å². The van der Waals surface area contributed by atoms with Crippen molar-refractivity contribution in [2.24, 2.45) is 0 Å². The maximum Gasteiger partial charge on any atom is 0.190 e. The van der Waals surface area contributed by atoms with E-state index in [4.69, 9.17) is 0 Å². The molecular weight excluding hydrogens is 320 g/mol. The lowest BCUT2D eigenvalue weighted by Crippen LogP contribution is -2.23. The Hall–Kier alpha value is -0.150. The number of Topliss-reactive ketones (excluding diaryl/α,β-unsaturated/α-hetero) is 1. The van der Waals surface area contributed by atoms with Crippen LogP contribution in [0.25, 0.3) is 0 Å². The summed E-state index contributed by atoms with van der Waals surface area (Å²) in [5, 5.41) is 0. The van der Waals surface area contributed by atoms with E-state index in [1.807, 2.05) is 31.2 Å². The number of benzene rings is 1. The van der Waals surface area contributed by atoms with Gasteiger partial charge in [0.2, 0.25) is 0 Å². The molecule has 1 aromatic carbocycles. The molecule has 0 N–H and O–H groups in total. The Balaban J connectivity index is 2.92. The first kappa shape index (κ1) is 12.9. The summed E-state index contributed by atoms with van der Waals surface area (Å²) in [5.41, 5.74) is 1.99. The minimum atomic E-state index is -0.617. The molecule has 0 unspecified atom stereocenters. The smallest absolute Gasteiger partial charge is 0.190 e. The Bertz CT molecular complexity index is 341. The van der Waals surface area contributed by atoms with Crippen molar-refractivity contribution in [3.8, 4) is 0 Å². The van der Waals surface area contributed by atoms with Crippen molar-refractivity contribution >= 4 is 37.6 Å². The minimum absolute atomic E-state index is 0.0765. The Kier molecular flexibility index (Phi) is 4.53. The second-order valence-electron chi connectivity index (χ2n) is 3.44. The molecule has 0 bridgehead atoms. The van der Waals surface area contributed by atoms with E-state index in [1.54, 1.807) is 0 Å². The largest absolute Gasteiger partial charge is 0.292 e. The second kappa shape index (κ2) is 5.26. The molecule has 0 spiro atoms. The van der Waals surface area contributed by atoms with Gasteiger partial charge in [-0.1, -0.05) is 70.0 Å². The van der Waals surface area contributed by atoms with Crippen LogP contribution in [0, 0.1) is 0 Å². The molecule has 0 atom stereocenters. The molecule has 1 aromatic rings. The van der Waals surface area contributed by atoms with Gasteiger partial charge < -0.3 is 0 Å². The normalized spacial score (nSPS) is 11.5. The molecule has 0 saturated carbocycles. The highest BCUT2D eigenvalue weighted by Crippen LogP contribution is 2.33. The van der Waals surface area contributed by atoms with Gasteiger partial charge in [-0.15, -0.1) is 0 Å². The van der Waals surface area contributed by atoms with Crippen molar-refractivity contribution < 1.29 is 4.79 Å². The van der Waals surface area contributed by atoms with E-state index in [0.717, 1.165) is 12.0 Å². The predicted octanol–water partition coefficient (Wildman–Crippen LogP) is 4.33. The van der Waals surface area contributed by atoms with Gasteiger partial charge in [-0.05, 0) is 18.4 Å². The van der Waals surface area contributed by atoms with E-state index in [0.29, 0.717) is 6.42 Å². The molecule has 0 heterocycles. The van der Waals surface area contributed by atoms with Gasteiger partial charge in [0.05, 0.1) is 0 Å². The van der Waals surface area contributed by atoms with E-state index < -0.39 is 3.23 Å². The molecule has 1 nitrogen and oxygen atoms in total. The molecule has 82 valence electrons. The van der Waals surface area contributed by atoms with E-state index in [1.165, 1.54) is 5.56 Å². The Labute approximate surface area is 108 Å². The van der Waals surface area contributed by atoms with Crippen LogP contribution in [-0.2, 0) is 6.42 Å². The van der Waals surface area contributed by atoms with Crippen molar-refractivity contribution in [2.75, 3.05) is 0 Å². The van der Waals surface area contributed by atoms with Gasteiger partial charge in [0.25, 0.3) is 0 Å². The number of carbonyl (C=O) groups excluding carboxylic acids is 1. The first-order valence-corrected chi connectivity index (χ1v) is 6.61. The molecule has 0 aliphatic carbocycles. The Morgan fingerprint density at radius 3 is 2.13 bits per heavy atom. The van der Waals surface area contributed by atoms with Crippen LogP contribution < -0.4 is 0 Å². The zero-order chi connectivity index (χ0) is 11.5. The third-order valence-corrected chi connectivity index (χ3v) is 4.24. The predicted molar refractivity (Wildman–Crippen MR) is 71.0 cm³/mol. The third-order valence-electron chi connectivity index (χ3n) is 2.40. The first-order valence-electron chi connectivity index (χ1n) is 5.02. The number of alkyl halides is 2. The van der Waals surface area contributed by atoms with E-state index in [-0.39, 0.29) is 5.78 Å². The summed E-state index contributed by atoms with van der Waals surface area (Å²) in [4.78, 5) is 12.0. The second-order valence-corrected chi connectivity index (χ2v) is 7.21. The fraction of sp³-hybridized carbons (Fsp3) is 0.417. The summed E-state index contributed by atoms with van der Waals surface area (Å²) in [6.07, 6.45) is 1.71. The molecule has 0 radical (unpaired) electrons. The van der Waals surface area contributed by atoms with Gasteiger partial charge in [0.15, 0.2) is 5.78 Å². The molecule has 0 fully saturated rings. The van der Waals surface area contributed by atoms with Crippen LogP contribution in [0.2, 0.25) is 0 Å². The molecule has 15 heavy (non-hydrogen) atoms. The summed E-state index contributed by atoms with van der Waals surface area (Å²) in [6, 6.07) is 7.76. The van der Waals surface area contributed by atoms with Gasteiger partial charge in [0, 0.05) is 5.56 Å². The monoisotopic (exact) mass is 332 g/mol. The quantitative estimate of drug-likeness (QED) is 0.592. The lowest BCUT2D eigenvalue weighted by Gasteiger charge is -2.16. The molecule has 0 aromatic heterocycles. The molecule has 1 rings (SSSR count). The summed E-state index contributed by atoms with van der Waals surface area (Å²) in [6.45, 7) is 4.06. The number of aryl methyl sites for hydroxylation is 1. The number of ketones is 1. The number of carbonyl (C=O) groups is 1. The van der Waals surface area contributed by atoms with Crippen LogP contribution in [0.4, 0.5) is 0 Å². The van der Waals surface area contributed by atoms with Crippen molar-refractivity contribution in [1.29, 1.82) is 0 Å². The maximum absolute atomic E-state index is 12.0. The zero-order valence-corrected chi connectivity index (χ0v) is 12.1. The van der Waals surface area contributed by atoms with Crippen LogP contribution in [0.1, 0.15) is 36.2 Å². The molecule has 0 saturated heterocycles. The van der Waals surface area contributed by atoms with Gasteiger partial charge in [-0.2, -0.15) is 0 Å². The molecule has 0 aliphatic rings. The van der Waals surface area contributed by atoms with Gasteiger partial charge in [-0.25, -0.2) is 0 Å². The van der Waals surface area contributed by atoms with Crippen LogP contribution in [-0.4, -0.2) is 9.02 Å². The van der Waals surface area contributed by atoms with E-state index in [9.17, 15) is 4.79 Å². The van der Waals surface area contributed by atoms with Crippen LogP contribution in [0.3, 0.4) is 0 Å². The van der Waals surface area contributed by atoms with Gasteiger partial charge in [0.1, 0.15) is 3.23 Å². The third kappa shape index (κ3) is 3.15. The van der Waals surface area contributed by atoms with E-state index >= 15 is 0 Å². The Morgan fingerprint density at radius 2 is 1.73 bits per heavy atom. The SMILES string of the molecule is CCc1ccc(C(=O)C(Br)(Br)CC)cc1. The van der Waals surface area contributed by atoms with Crippen LogP contribution in [0.5, 0.6) is 0 Å². The zero-order valence-electron chi connectivity index (χ0n) is 8.89. The average Bonchev–Trinajstić information content (AvgIpc) is 2.28. The molecule has 0 aliphatic heterocycles. The number of hydrogen-bond donors (Lipinski definition) is 0. The fourth-order valence-corrected chi connectivity index (χ4v) is 1.72. The summed E-state index contributed by atoms with van der Waals surface area (Å²) >= 11 is 6.77. The number of rotatable bonds is 4. The minimum Gasteiger partial charge on any atom is -0.292 e. The highest BCUT2D eigenvalue weighted by Gasteiger charge is 2.30. The highest BCUT2D eigenvalue weighted by molar-refractivity contribution is 9.25. The maximum atomic E-state index is 12.0. The standard InChI is InChI=1S/C12H14Br2O/c1-3-9-5-7-10(8-6-9)11(15)12(13,14)4-2/h5-8H,3-4H2,1-2H3. The first-order chi connectivity index (χ1) is 7.01. The lowest BCUT2D eigenvalue weighted by atomic mass is 10.0.